The second-order valence-electron chi connectivity index (χ2n) is 6.30. The van der Waals surface area contributed by atoms with Crippen LogP contribution in [0.3, 0.4) is 0 Å². The van der Waals surface area contributed by atoms with E-state index in [1.165, 1.54) is 27.6 Å². The van der Waals surface area contributed by atoms with E-state index >= 15 is 0 Å². The Morgan fingerprint density at radius 2 is 1.90 bits per heavy atom. The molecule has 0 saturated heterocycles. The van der Waals surface area contributed by atoms with Crippen molar-refractivity contribution in [2.24, 2.45) is 5.92 Å². The summed E-state index contributed by atoms with van der Waals surface area (Å²) >= 11 is 0. The highest BCUT2D eigenvalue weighted by Gasteiger charge is 2.18. The van der Waals surface area contributed by atoms with Crippen molar-refractivity contribution in [3.8, 4) is 0 Å². The predicted molar refractivity (Wildman–Crippen MR) is 87.7 cm³/mol. The normalized spacial score (nSPS) is 11.8. The summed E-state index contributed by atoms with van der Waals surface area (Å²) in [4.78, 5) is 0. The lowest BCUT2D eigenvalue weighted by atomic mass is 9.99. The largest absolute Gasteiger partial charge is 0.459 e. The number of ether oxygens (including phenoxy) is 1. The van der Waals surface area contributed by atoms with E-state index in [1.807, 2.05) is 0 Å². The second kappa shape index (κ2) is 6.63. The number of benzene rings is 1. The van der Waals surface area contributed by atoms with Crippen LogP contribution in [0.2, 0.25) is 0 Å². The number of methoxy groups -OCH3 is 1. The first kappa shape index (κ1) is 16.1. The monoisotopic (exact) mass is 289 g/mol. The molecule has 0 spiro atoms. The van der Waals surface area contributed by atoms with Gasteiger partial charge >= 0.3 is 0 Å². The molecule has 0 aliphatic rings. The Morgan fingerprint density at radius 1 is 1.19 bits per heavy atom. The average molecular weight is 289 g/mol. The molecule has 0 aliphatic heterocycles. The number of furan rings is 1. The Bertz CT molecular complexity index is 626. The molecule has 116 valence electrons. The molecule has 2 aromatic rings. The molecule has 0 amide bonds. The summed E-state index contributed by atoms with van der Waals surface area (Å²) in [5.41, 5.74) is 5.96. The fraction of sp³-hybridized carbons (Fsp3) is 0.556. The summed E-state index contributed by atoms with van der Waals surface area (Å²) in [5, 5.41) is 4.69. The zero-order chi connectivity index (χ0) is 15.6. The quantitative estimate of drug-likeness (QED) is 0.863. The van der Waals surface area contributed by atoms with E-state index < -0.39 is 0 Å². The molecule has 1 heterocycles. The molecule has 0 aliphatic carbocycles. The fourth-order valence-corrected chi connectivity index (χ4v) is 2.79. The molecule has 0 saturated carbocycles. The summed E-state index contributed by atoms with van der Waals surface area (Å²) in [7, 11) is 1.74. The average Bonchev–Trinajstić information content (AvgIpc) is 2.76. The van der Waals surface area contributed by atoms with Gasteiger partial charge in [-0.3, -0.25) is 0 Å². The van der Waals surface area contributed by atoms with E-state index in [1.54, 1.807) is 7.11 Å². The Balaban J connectivity index is 2.46. The smallest absolute Gasteiger partial charge is 0.138 e. The maximum absolute atomic E-state index is 6.18. The van der Waals surface area contributed by atoms with E-state index in [4.69, 9.17) is 9.15 Å². The van der Waals surface area contributed by atoms with Gasteiger partial charge in [-0.2, -0.15) is 0 Å². The first-order valence-corrected chi connectivity index (χ1v) is 7.66. The van der Waals surface area contributed by atoms with Crippen LogP contribution in [0.1, 0.15) is 41.9 Å². The van der Waals surface area contributed by atoms with Gasteiger partial charge in [0.15, 0.2) is 0 Å². The second-order valence-corrected chi connectivity index (χ2v) is 6.30. The summed E-state index contributed by atoms with van der Waals surface area (Å²) < 4.78 is 11.6. The number of hydrogen-bond donors (Lipinski definition) is 1. The molecule has 0 unspecified atom stereocenters. The van der Waals surface area contributed by atoms with E-state index in [2.05, 4.69) is 46.0 Å². The van der Waals surface area contributed by atoms with E-state index in [-0.39, 0.29) is 0 Å². The van der Waals surface area contributed by atoms with Crippen molar-refractivity contribution < 1.29 is 9.15 Å². The van der Waals surface area contributed by atoms with Gasteiger partial charge in [0.1, 0.15) is 11.3 Å². The van der Waals surface area contributed by atoms with Crippen molar-refractivity contribution in [1.82, 2.24) is 5.32 Å². The Kier molecular flexibility index (Phi) is 5.07. The lowest BCUT2D eigenvalue weighted by Gasteiger charge is -2.07. The van der Waals surface area contributed by atoms with Crippen LogP contribution in [-0.4, -0.2) is 13.7 Å². The summed E-state index contributed by atoms with van der Waals surface area (Å²) in [6.45, 7) is 13.2. The molecular formula is C18H27NO2. The molecule has 0 fully saturated rings. The third kappa shape index (κ3) is 3.30. The van der Waals surface area contributed by atoms with Gasteiger partial charge in [0.25, 0.3) is 0 Å². The fourth-order valence-electron chi connectivity index (χ4n) is 2.79. The molecule has 1 aromatic carbocycles. The van der Waals surface area contributed by atoms with Gasteiger partial charge in [-0.1, -0.05) is 19.9 Å². The Labute approximate surface area is 127 Å². The third-order valence-corrected chi connectivity index (χ3v) is 3.98. The highest BCUT2D eigenvalue weighted by atomic mass is 16.5. The molecule has 21 heavy (non-hydrogen) atoms. The van der Waals surface area contributed by atoms with Crippen molar-refractivity contribution in [2.75, 3.05) is 13.7 Å². The van der Waals surface area contributed by atoms with E-state index in [9.17, 15) is 0 Å². The third-order valence-electron chi connectivity index (χ3n) is 3.98. The van der Waals surface area contributed by atoms with Crippen LogP contribution in [0, 0.1) is 26.7 Å². The van der Waals surface area contributed by atoms with Crippen LogP contribution < -0.4 is 5.32 Å². The molecule has 0 bridgehead atoms. The first-order chi connectivity index (χ1) is 9.95. The van der Waals surface area contributed by atoms with E-state index in [0.29, 0.717) is 12.5 Å². The molecule has 1 N–H and O–H groups in total. The highest BCUT2D eigenvalue weighted by molar-refractivity contribution is 5.89. The molecule has 2 rings (SSSR count). The lowest BCUT2D eigenvalue weighted by molar-refractivity contribution is 0.183. The van der Waals surface area contributed by atoms with Gasteiger partial charge in [0.05, 0.1) is 13.2 Å². The zero-order valence-electron chi connectivity index (χ0n) is 14.1. The van der Waals surface area contributed by atoms with Gasteiger partial charge in [0, 0.05) is 18.1 Å². The Morgan fingerprint density at radius 3 is 2.52 bits per heavy atom. The van der Waals surface area contributed by atoms with Crippen molar-refractivity contribution >= 4 is 11.0 Å². The molecule has 3 nitrogen and oxygen atoms in total. The number of aryl methyl sites for hydroxylation is 3. The van der Waals surface area contributed by atoms with Crippen LogP contribution in [0.15, 0.2) is 10.5 Å². The van der Waals surface area contributed by atoms with Crippen molar-refractivity contribution in [1.29, 1.82) is 0 Å². The number of fused-ring (bicyclic) bond motifs is 1. The van der Waals surface area contributed by atoms with Crippen molar-refractivity contribution in [3.63, 3.8) is 0 Å². The maximum Gasteiger partial charge on any atom is 0.138 e. The standard InChI is InChI=1S/C18H27NO2/c1-11(2)8-19-9-16-15(10-20-6)17-13(4)7-12(3)14(5)18(17)21-16/h7,11,19H,8-10H2,1-6H3. The SMILES string of the molecule is COCc1c(CNCC(C)C)oc2c(C)c(C)cc(C)c12. The van der Waals surface area contributed by atoms with Gasteiger partial charge in [-0.15, -0.1) is 0 Å². The number of nitrogens with one attached hydrogen (secondary N) is 1. The number of hydrogen-bond acceptors (Lipinski definition) is 3. The maximum atomic E-state index is 6.18. The zero-order valence-corrected chi connectivity index (χ0v) is 14.1. The summed E-state index contributed by atoms with van der Waals surface area (Å²) in [6, 6.07) is 2.23. The van der Waals surface area contributed by atoms with E-state index in [0.717, 1.165) is 24.4 Å². The Hall–Kier alpha value is -1.32. The van der Waals surface area contributed by atoms with Crippen LogP contribution >= 0.6 is 0 Å². The lowest BCUT2D eigenvalue weighted by Crippen LogP contribution is -2.19. The minimum absolute atomic E-state index is 0.592. The molecule has 3 heteroatoms. The first-order valence-electron chi connectivity index (χ1n) is 7.66. The minimum Gasteiger partial charge on any atom is -0.459 e. The van der Waals surface area contributed by atoms with Crippen LogP contribution in [-0.2, 0) is 17.9 Å². The van der Waals surface area contributed by atoms with Crippen molar-refractivity contribution in [3.05, 3.63) is 34.1 Å². The number of rotatable bonds is 6. The van der Waals surface area contributed by atoms with Gasteiger partial charge in [0.2, 0.25) is 0 Å². The van der Waals surface area contributed by atoms with Gasteiger partial charge < -0.3 is 14.5 Å². The predicted octanol–water partition coefficient (Wildman–Crippen LogP) is 4.25. The van der Waals surface area contributed by atoms with Gasteiger partial charge in [-0.05, 0) is 49.9 Å². The summed E-state index contributed by atoms with van der Waals surface area (Å²) in [6.07, 6.45) is 0. The van der Waals surface area contributed by atoms with Crippen LogP contribution in [0.4, 0.5) is 0 Å². The molecule has 0 atom stereocenters. The van der Waals surface area contributed by atoms with Crippen LogP contribution in [0.25, 0.3) is 11.0 Å². The highest BCUT2D eigenvalue weighted by Crippen LogP contribution is 2.33. The van der Waals surface area contributed by atoms with Crippen LogP contribution in [0.5, 0.6) is 0 Å². The topological polar surface area (TPSA) is 34.4 Å². The molecule has 0 radical (unpaired) electrons. The minimum atomic E-state index is 0.592. The summed E-state index contributed by atoms with van der Waals surface area (Å²) in [5.74, 6) is 1.63. The molecule has 1 aromatic heterocycles. The van der Waals surface area contributed by atoms with Crippen molar-refractivity contribution in [2.45, 2.75) is 47.8 Å². The van der Waals surface area contributed by atoms with Gasteiger partial charge in [-0.25, -0.2) is 0 Å². The molecular weight excluding hydrogens is 262 g/mol.